The number of aromatic amines is 1. The third-order valence-electron chi connectivity index (χ3n) is 5.50. The Kier molecular flexibility index (Phi) is 6.74. The first-order valence-electron chi connectivity index (χ1n) is 10.4. The molecule has 0 aliphatic heterocycles. The molecular weight excluding hydrogens is 442 g/mol. The molecule has 0 saturated carbocycles. The molecule has 170 valence electrons. The van der Waals surface area contributed by atoms with Gasteiger partial charge in [-0.15, -0.1) is 5.10 Å². The van der Waals surface area contributed by atoms with Crippen LogP contribution in [0.15, 0.2) is 59.5 Å². The van der Waals surface area contributed by atoms with Crippen molar-refractivity contribution in [3.8, 4) is 0 Å². The molecule has 0 radical (unpaired) electrons. The van der Waals surface area contributed by atoms with Crippen molar-refractivity contribution in [3.05, 3.63) is 70.6 Å². The van der Waals surface area contributed by atoms with Crippen LogP contribution in [0.2, 0.25) is 0 Å². The minimum absolute atomic E-state index is 0.0959. The summed E-state index contributed by atoms with van der Waals surface area (Å²) in [5.41, 5.74) is 1.66. The SMILES string of the molecule is CSCCC(C(=O)NC(Cc1c[nH]c2ccccc12)C(=O)O)n1nnc2ccccc2c1=O. The van der Waals surface area contributed by atoms with E-state index in [0.717, 1.165) is 21.1 Å². The molecule has 1 amide bonds. The first kappa shape index (κ1) is 22.5. The van der Waals surface area contributed by atoms with Crippen LogP contribution >= 0.6 is 11.8 Å². The molecular formula is C23H23N5O4S. The zero-order chi connectivity index (χ0) is 23.4. The summed E-state index contributed by atoms with van der Waals surface area (Å²) in [6, 6.07) is 12.2. The Morgan fingerprint density at radius 2 is 1.88 bits per heavy atom. The molecule has 0 aliphatic rings. The topological polar surface area (TPSA) is 130 Å². The maximum atomic E-state index is 13.2. The number of carbonyl (C=O) groups is 2. The second-order valence-corrected chi connectivity index (χ2v) is 8.60. The Morgan fingerprint density at radius 1 is 1.15 bits per heavy atom. The number of para-hydroxylation sites is 1. The highest BCUT2D eigenvalue weighted by Crippen LogP contribution is 2.20. The lowest BCUT2D eigenvalue weighted by Crippen LogP contribution is -2.47. The normalized spacial score (nSPS) is 13.1. The van der Waals surface area contributed by atoms with Crippen molar-refractivity contribution in [3.63, 3.8) is 0 Å². The Morgan fingerprint density at radius 3 is 2.64 bits per heavy atom. The summed E-state index contributed by atoms with van der Waals surface area (Å²) in [6.45, 7) is 0. The van der Waals surface area contributed by atoms with Crippen LogP contribution in [0.4, 0.5) is 0 Å². The number of H-pyrrole nitrogens is 1. The van der Waals surface area contributed by atoms with Crippen LogP contribution in [0, 0.1) is 0 Å². The van der Waals surface area contributed by atoms with E-state index in [2.05, 4.69) is 20.6 Å². The van der Waals surface area contributed by atoms with Gasteiger partial charge in [-0.2, -0.15) is 16.4 Å². The van der Waals surface area contributed by atoms with E-state index in [1.165, 1.54) is 11.8 Å². The van der Waals surface area contributed by atoms with Gasteiger partial charge < -0.3 is 15.4 Å². The van der Waals surface area contributed by atoms with E-state index in [0.29, 0.717) is 23.1 Å². The van der Waals surface area contributed by atoms with Gasteiger partial charge in [-0.3, -0.25) is 9.59 Å². The average molecular weight is 466 g/mol. The molecule has 0 fully saturated rings. The highest BCUT2D eigenvalue weighted by molar-refractivity contribution is 7.98. The molecule has 3 N–H and O–H groups in total. The summed E-state index contributed by atoms with van der Waals surface area (Å²) >= 11 is 1.52. The standard InChI is InChI=1S/C23H23N5O4S/c1-33-11-10-20(28-22(30)16-7-3-5-9-18(16)26-27-28)21(29)25-19(23(31)32)12-14-13-24-17-8-4-2-6-15(14)17/h2-9,13,19-20,24H,10-12H2,1H3,(H,25,29)(H,31,32). The fourth-order valence-corrected chi connectivity index (χ4v) is 4.25. The van der Waals surface area contributed by atoms with Crippen molar-refractivity contribution >= 4 is 45.4 Å². The number of hydrogen-bond donors (Lipinski definition) is 3. The van der Waals surface area contributed by atoms with Gasteiger partial charge in [-0.1, -0.05) is 35.5 Å². The predicted octanol–water partition coefficient (Wildman–Crippen LogP) is 2.38. The number of amides is 1. The largest absolute Gasteiger partial charge is 0.480 e. The summed E-state index contributed by atoms with van der Waals surface area (Å²) in [5.74, 6) is -1.16. The molecule has 2 aromatic heterocycles. The lowest BCUT2D eigenvalue weighted by molar-refractivity contribution is -0.142. The third-order valence-corrected chi connectivity index (χ3v) is 6.14. The van der Waals surface area contributed by atoms with E-state index in [4.69, 9.17) is 0 Å². The van der Waals surface area contributed by atoms with Gasteiger partial charge in [-0.25, -0.2) is 4.79 Å². The van der Waals surface area contributed by atoms with Gasteiger partial charge in [0.15, 0.2) is 0 Å². The molecule has 0 spiro atoms. The maximum Gasteiger partial charge on any atom is 0.326 e. The van der Waals surface area contributed by atoms with E-state index >= 15 is 0 Å². The maximum absolute atomic E-state index is 13.2. The van der Waals surface area contributed by atoms with Gasteiger partial charge in [0.25, 0.3) is 5.56 Å². The first-order valence-corrected chi connectivity index (χ1v) is 11.8. The van der Waals surface area contributed by atoms with Crippen LogP contribution in [0.25, 0.3) is 21.8 Å². The number of nitrogens with one attached hydrogen (secondary N) is 2. The highest BCUT2D eigenvalue weighted by atomic mass is 32.2. The molecule has 2 aromatic carbocycles. The lowest BCUT2D eigenvalue weighted by Gasteiger charge is -2.21. The van der Waals surface area contributed by atoms with Crippen LogP contribution in [-0.4, -0.2) is 55.0 Å². The zero-order valence-corrected chi connectivity index (χ0v) is 18.7. The number of benzene rings is 2. The number of carbonyl (C=O) groups excluding carboxylic acids is 1. The summed E-state index contributed by atoms with van der Waals surface area (Å²) < 4.78 is 1.05. The summed E-state index contributed by atoms with van der Waals surface area (Å²) in [7, 11) is 0. The molecule has 2 heterocycles. The molecule has 0 saturated heterocycles. The zero-order valence-electron chi connectivity index (χ0n) is 17.9. The molecule has 4 aromatic rings. The number of aliphatic carboxylic acids is 1. The third kappa shape index (κ3) is 4.75. The van der Waals surface area contributed by atoms with E-state index in [1.807, 2.05) is 30.5 Å². The summed E-state index contributed by atoms with van der Waals surface area (Å²) in [6.07, 6.45) is 4.04. The second kappa shape index (κ2) is 9.86. The van der Waals surface area contributed by atoms with Crippen molar-refractivity contribution in [1.29, 1.82) is 0 Å². The Labute approximate surface area is 193 Å². The van der Waals surface area contributed by atoms with Gasteiger partial charge in [0.1, 0.15) is 17.6 Å². The van der Waals surface area contributed by atoms with Gasteiger partial charge in [0, 0.05) is 23.5 Å². The second-order valence-electron chi connectivity index (χ2n) is 7.62. The molecule has 0 aliphatic carbocycles. The molecule has 9 nitrogen and oxygen atoms in total. The van der Waals surface area contributed by atoms with Crippen LogP contribution in [0.3, 0.4) is 0 Å². The number of rotatable bonds is 9. The van der Waals surface area contributed by atoms with Crippen molar-refractivity contribution in [2.45, 2.75) is 24.9 Å². The fraction of sp³-hybridized carbons (Fsp3) is 0.261. The van der Waals surface area contributed by atoms with Crippen LogP contribution in [-0.2, 0) is 16.0 Å². The fourth-order valence-electron chi connectivity index (χ4n) is 3.79. The Bertz CT molecular complexity index is 1370. The molecule has 10 heteroatoms. The lowest BCUT2D eigenvalue weighted by atomic mass is 10.0. The number of thioether (sulfide) groups is 1. The molecule has 4 rings (SSSR count). The van der Waals surface area contributed by atoms with E-state index in [1.54, 1.807) is 30.5 Å². The number of hydrogen-bond acceptors (Lipinski definition) is 6. The highest BCUT2D eigenvalue weighted by Gasteiger charge is 2.29. The smallest absolute Gasteiger partial charge is 0.326 e. The van der Waals surface area contributed by atoms with Gasteiger partial charge in [0.2, 0.25) is 5.91 Å². The molecule has 33 heavy (non-hydrogen) atoms. The Balaban J connectivity index is 1.62. The van der Waals surface area contributed by atoms with Crippen LogP contribution in [0.5, 0.6) is 0 Å². The van der Waals surface area contributed by atoms with Crippen molar-refractivity contribution in [2.24, 2.45) is 0 Å². The molecule has 2 atom stereocenters. The van der Waals surface area contributed by atoms with E-state index < -0.39 is 29.5 Å². The van der Waals surface area contributed by atoms with Gasteiger partial charge >= 0.3 is 5.97 Å². The number of aromatic nitrogens is 4. The van der Waals surface area contributed by atoms with Crippen LogP contribution < -0.4 is 10.9 Å². The summed E-state index contributed by atoms with van der Waals surface area (Å²) in [4.78, 5) is 41.3. The minimum atomic E-state index is -1.17. The first-order chi connectivity index (χ1) is 16.0. The quantitative estimate of drug-likeness (QED) is 0.346. The number of fused-ring (bicyclic) bond motifs is 2. The Hall–Kier alpha value is -3.66. The van der Waals surface area contributed by atoms with Crippen molar-refractivity contribution < 1.29 is 14.7 Å². The number of carboxylic acids is 1. The van der Waals surface area contributed by atoms with Crippen molar-refractivity contribution in [1.82, 2.24) is 25.3 Å². The van der Waals surface area contributed by atoms with Crippen molar-refractivity contribution in [2.75, 3.05) is 12.0 Å². The number of nitrogens with zero attached hydrogens (tertiary/aromatic N) is 3. The van der Waals surface area contributed by atoms with Crippen LogP contribution in [0.1, 0.15) is 18.0 Å². The molecule has 2 unspecified atom stereocenters. The predicted molar refractivity (Wildman–Crippen MR) is 127 cm³/mol. The number of carboxylic acid groups (broad SMARTS) is 1. The monoisotopic (exact) mass is 465 g/mol. The van der Waals surface area contributed by atoms with E-state index in [-0.39, 0.29) is 6.42 Å². The minimum Gasteiger partial charge on any atom is -0.480 e. The average Bonchev–Trinajstić information content (AvgIpc) is 3.23. The van der Waals surface area contributed by atoms with Gasteiger partial charge in [-0.05, 0) is 42.2 Å². The van der Waals surface area contributed by atoms with Gasteiger partial charge in [0.05, 0.1) is 5.39 Å². The molecule has 0 bridgehead atoms. The summed E-state index contributed by atoms with van der Waals surface area (Å²) in [5, 5.41) is 21.7. The van der Waals surface area contributed by atoms with E-state index in [9.17, 15) is 19.5 Å².